The van der Waals surface area contributed by atoms with Gasteiger partial charge in [-0.2, -0.15) is 0 Å². The van der Waals surface area contributed by atoms with E-state index in [-0.39, 0.29) is 11.9 Å². The first-order valence-electron chi connectivity index (χ1n) is 8.49. The van der Waals surface area contributed by atoms with Crippen molar-refractivity contribution in [1.82, 2.24) is 20.3 Å². The number of aromatic nitrogens is 3. The summed E-state index contributed by atoms with van der Waals surface area (Å²) in [4.78, 5) is 12.7. The van der Waals surface area contributed by atoms with E-state index in [1.165, 1.54) is 0 Å². The quantitative estimate of drug-likeness (QED) is 0.689. The summed E-state index contributed by atoms with van der Waals surface area (Å²) in [6.07, 6.45) is 1.81. The molecule has 1 N–H and O–H groups in total. The van der Waals surface area contributed by atoms with Crippen LogP contribution in [0.25, 0.3) is 5.69 Å². The van der Waals surface area contributed by atoms with E-state index < -0.39 is 0 Å². The van der Waals surface area contributed by atoms with Crippen molar-refractivity contribution in [3.8, 4) is 17.2 Å². The highest BCUT2D eigenvalue weighted by atomic mass is 79.9. The molecule has 0 fully saturated rings. The zero-order valence-electron chi connectivity index (χ0n) is 14.6. The fourth-order valence-electron chi connectivity index (χ4n) is 2.78. The van der Waals surface area contributed by atoms with Crippen molar-refractivity contribution in [2.45, 2.75) is 13.0 Å². The van der Waals surface area contributed by atoms with Gasteiger partial charge in [0, 0.05) is 5.56 Å². The fraction of sp³-hybridized carbons (Fsp3) is 0.211. The zero-order valence-corrected chi connectivity index (χ0v) is 16.1. The number of nitrogens with one attached hydrogen (secondary N) is 1. The third-order valence-corrected chi connectivity index (χ3v) is 4.77. The molecule has 3 aromatic rings. The van der Waals surface area contributed by atoms with Gasteiger partial charge in [0.05, 0.1) is 22.4 Å². The van der Waals surface area contributed by atoms with Gasteiger partial charge in [-0.3, -0.25) is 4.79 Å². The van der Waals surface area contributed by atoms with Crippen LogP contribution in [0.15, 0.2) is 53.1 Å². The minimum atomic E-state index is -0.304. The average molecular weight is 429 g/mol. The molecule has 1 aliphatic rings. The van der Waals surface area contributed by atoms with Crippen molar-refractivity contribution >= 4 is 21.8 Å². The number of benzene rings is 2. The molecule has 1 amide bonds. The van der Waals surface area contributed by atoms with Crippen LogP contribution in [0.4, 0.5) is 0 Å². The van der Waals surface area contributed by atoms with E-state index in [1.807, 2.05) is 37.3 Å². The molecule has 2 heterocycles. The van der Waals surface area contributed by atoms with Gasteiger partial charge in [0.1, 0.15) is 18.9 Å². The molecular formula is C19H17BrN4O3. The van der Waals surface area contributed by atoms with Gasteiger partial charge in [0.25, 0.3) is 5.91 Å². The van der Waals surface area contributed by atoms with Gasteiger partial charge < -0.3 is 14.8 Å². The normalized spacial score (nSPS) is 13.9. The van der Waals surface area contributed by atoms with Crippen molar-refractivity contribution in [3.63, 3.8) is 0 Å². The van der Waals surface area contributed by atoms with Crippen molar-refractivity contribution in [2.24, 2.45) is 0 Å². The molecule has 1 atom stereocenters. The molecule has 138 valence electrons. The summed E-state index contributed by atoms with van der Waals surface area (Å²) in [7, 11) is 0. The van der Waals surface area contributed by atoms with Crippen LogP contribution in [0.2, 0.25) is 0 Å². The third-order valence-electron chi connectivity index (χ3n) is 4.18. The smallest absolute Gasteiger partial charge is 0.251 e. The summed E-state index contributed by atoms with van der Waals surface area (Å²) in [6.45, 7) is 2.82. The molecule has 0 saturated heterocycles. The lowest BCUT2D eigenvalue weighted by Gasteiger charge is -2.20. The number of para-hydroxylation sites is 1. The van der Waals surface area contributed by atoms with Gasteiger partial charge in [-0.15, -0.1) is 5.10 Å². The summed E-state index contributed by atoms with van der Waals surface area (Å²) >= 11 is 3.43. The molecule has 7 nitrogen and oxygen atoms in total. The topological polar surface area (TPSA) is 78.3 Å². The van der Waals surface area contributed by atoms with E-state index in [0.29, 0.717) is 40.4 Å². The number of carbonyl (C=O) groups is 1. The zero-order chi connectivity index (χ0) is 18.8. The maximum Gasteiger partial charge on any atom is 0.251 e. The Labute approximate surface area is 164 Å². The van der Waals surface area contributed by atoms with Gasteiger partial charge in [-0.05, 0) is 47.1 Å². The predicted molar refractivity (Wildman–Crippen MR) is 102 cm³/mol. The molecule has 27 heavy (non-hydrogen) atoms. The molecule has 0 saturated carbocycles. The molecule has 4 rings (SSSR count). The fourth-order valence-corrected chi connectivity index (χ4v) is 3.33. The minimum absolute atomic E-state index is 0.227. The molecule has 0 unspecified atom stereocenters. The number of hydrogen-bond donors (Lipinski definition) is 1. The number of ether oxygens (including phenoxy) is 2. The second-order valence-corrected chi connectivity index (χ2v) is 6.96. The third kappa shape index (κ3) is 3.66. The second kappa shape index (κ2) is 7.40. The van der Waals surface area contributed by atoms with Crippen molar-refractivity contribution in [2.75, 3.05) is 13.2 Å². The molecule has 0 aliphatic carbocycles. The molecule has 8 heteroatoms. The lowest BCUT2D eigenvalue weighted by Crippen LogP contribution is -2.27. The highest BCUT2D eigenvalue weighted by molar-refractivity contribution is 9.10. The Morgan fingerprint density at radius 3 is 2.81 bits per heavy atom. The predicted octanol–water partition coefficient (Wildman–Crippen LogP) is 3.29. The van der Waals surface area contributed by atoms with E-state index in [2.05, 4.69) is 31.6 Å². The van der Waals surface area contributed by atoms with Gasteiger partial charge >= 0.3 is 0 Å². The number of nitrogens with zero attached hydrogens (tertiary/aromatic N) is 3. The van der Waals surface area contributed by atoms with E-state index in [9.17, 15) is 4.79 Å². The lowest BCUT2D eigenvalue weighted by atomic mass is 10.1. The number of hydrogen-bond acceptors (Lipinski definition) is 5. The minimum Gasteiger partial charge on any atom is -0.486 e. The summed E-state index contributed by atoms with van der Waals surface area (Å²) in [5, 5.41) is 11.2. The van der Waals surface area contributed by atoms with E-state index in [1.54, 1.807) is 23.0 Å². The Balaban J connectivity index is 1.50. The van der Waals surface area contributed by atoms with E-state index >= 15 is 0 Å². The molecule has 1 aromatic heterocycles. The summed E-state index contributed by atoms with van der Waals surface area (Å²) in [5.41, 5.74) is 2.06. The maximum absolute atomic E-state index is 12.7. The Morgan fingerprint density at radius 2 is 2.00 bits per heavy atom. The van der Waals surface area contributed by atoms with Crippen LogP contribution in [-0.2, 0) is 0 Å². The first-order chi connectivity index (χ1) is 13.1. The summed E-state index contributed by atoms with van der Waals surface area (Å²) in [6, 6.07) is 12.8. The SMILES string of the molecule is C[C@@H](NC(=O)c1cc(Br)c2c(c1)OCCO2)c1cn(-c2ccccc2)nn1. The van der Waals surface area contributed by atoms with Crippen molar-refractivity contribution < 1.29 is 14.3 Å². The van der Waals surface area contributed by atoms with Gasteiger partial charge in [0.15, 0.2) is 11.5 Å². The van der Waals surface area contributed by atoms with Crippen LogP contribution < -0.4 is 14.8 Å². The number of fused-ring (bicyclic) bond motifs is 1. The molecular weight excluding hydrogens is 412 g/mol. The van der Waals surface area contributed by atoms with Crippen LogP contribution in [-0.4, -0.2) is 34.1 Å². The number of amides is 1. The van der Waals surface area contributed by atoms with Gasteiger partial charge in [-0.1, -0.05) is 23.4 Å². The van der Waals surface area contributed by atoms with Crippen molar-refractivity contribution in [3.05, 3.63) is 64.4 Å². The monoisotopic (exact) mass is 428 g/mol. The van der Waals surface area contributed by atoms with Crippen LogP contribution in [0.3, 0.4) is 0 Å². The summed E-state index contributed by atoms with van der Waals surface area (Å²) < 4.78 is 13.5. The number of rotatable bonds is 4. The second-order valence-electron chi connectivity index (χ2n) is 6.10. The Morgan fingerprint density at radius 1 is 1.22 bits per heavy atom. The highest BCUT2D eigenvalue weighted by Gasteiger charge is 2.21. The van der Waals surface area contributed by atoms with Gasteiger partial charge in [-0.25, -0.2) is 4.68 Å². The summed E-state index contributed by atoms with van der Waals surface area (Å²) in [5.74, 6) is 0.953. The Kier molecular flexibility index (Phi) is 4.81. The van der Waals surface area contributed by atoms with Crippen LogP contribution in [0, 0.1) is 0 Å². The van der Waals surface area contributed by atoms with Crippen LogP contribution in [0.5, 0.6) is 11.5 Å². The Hall–Kier alpha value is -2.87. The lowest BCUT2D eigenvalue weighted by molar-refractivity contribution is 0.0937. The molecule has 0 radical (unpaired) electrons. The Bertz CT molecular complexity index is 974. The number of carbonyl (C=O) groups excluding carboxylic acids is 1. The molecule has 0 spiro atoms. The van der Waals surface area contributed by atoms with Gasteiger partial charge in [0.2, 0.25) is 0 Å². The van der Waals surface area contributed by atoms with E-state index in [0.717, 1.165) is 5.69 Å². The maximum atomic E-state index is 12.7. The van der Waals surface area contributed by atoms with E-state index in [4.69, 9.17) is 9.47 Å². The van der Waals surface area contributed by atoms with Crippen LogP contribution >= 0.6 is 15.9 Å². The van der Waals surface area contributed by atoms with Crippen molar-refractivity contribution in [1.29, 1.82) is 0 Å². The molecule has 1 aliphatic heterocycles. The highest BCUT2D eigenvalue weighted by Crippen LogP contribution is 2.38. The molecule has 2 aromatic carbocycles. The first-order valence-corrected chi connectivity index (χ1v) is 9.29. The molecule has 0 bridgehead atoms. The first kappa shape index (κ1) is 17.5. The number of halogens is 1. The largest absolute Gasteiger partial charge is 0.486 e. The average Bonchev–Trinajstić information content (AvgIpc) is 3.19. The standard InChI is InChI=1S/C19H17BrN4O3/c1-12(16-11-24(23-22-16)14-5-3-2-4-6-14)21-19(25)13-9-15(20)18-17(10-13)26-7-8-27-18/h2-6,9-12H,7-8H2,1H3,(H,21,25)/t12-/m1/s1. The van der Waals surface area contributed by atoms with Crippen LogP contribution in [0.1, 0.15) is 29.0 Å².